The molecule has 4 N–H and O–H groups in total. The fourth-order valence-corrected chi connectivity index (χ4v) is 4.79. The third kappa shape index (κ3) is 5.86. The zero-order valence-corrected chi connectivity index (χ0v) is 13.5. The minimum Gasteiger partial charge on any atom is -0.399 e. The molecule has 1 fully saturated rings. The van der Waals surface area contributed by atoms with Crippen molar-refractivity contribution in [1.29, 1.82) is 0 Å². The number of hydrogen-bond acceptors (Lipinski definition) is 5. The van der Waals surface area contributed by atoms with Crippen LogP contribution < -0.4 is 10.5 Å². The number of nitrogen functional groups attached to an aromatic ring is 1. The fourth-order valence-electron chi connectivity index (χ4n) is 2.38. The van der Waals surface area contributed by atoms with E-state index in [4.69, 9.17) is 5.73 Å². The van der Waals surface area contributed by atoms with E-state index in [1.807, 2.05) is 12.1 Å². The molecule has 1 saturated carbocycles. The molecule has 5 nitrogen and oxygen atoms in total. The van der Waals surface area contributed by atoms with Crippen molar-refractivity contribution < 1.29 is 13.5 Å². The lowest BCUT2D eigenvalue weighted by Crippen LogP contribution is -2.31. The Kier molecular flexibility index (Phi) is 5.92. The van der Waals surface area contributed by atoms with Gasteiger partial charge in [-0.05, 0) is 49.4 Å². The van der Waals surface area contributed by atoms with Crippen molar-refractivity contribution in [3.05, 3.63) is 24.3 Å². The number of rotatable bonds is 7. The summed E-state index contributed by atoms with van der Waals surface area (Å²) < 4.78 is 26.5. The first-order valence-corrected chi connectivity index (χ1v) is 9.72. The highest BCUT2D eigenvalue weighted by Gasteiger charge is 2.24. The van der Waals surface area contributed by atoms with Crippen LogP contribution in [0.3, 0.4) is 0 Å². The van der Waals surface area contributed by atoms with Crippen LogP contribution in [-0.2, 0) is 10.0 Å². The molecule has 1 aromatic rings. The third-order valence-electron chi connectivity index (χ3n) is 3.61. The average Bonchev–Trinajstić information content (AvgIpc) is 2.85. The molecule has 1 aliphatic rings. The molecule has 0 spiro atoms. The summed E-state index contributed by atoms with van der Waals surface area (Å²) in [5.74, 6) is 0.865. The number of hydrogen-bond donors (Lipinski definition) is 3. The first-order chi connectivity index (χ1) is 9.94. The molecule has 0 saturated heterocycles. The van der Waals surface area contributed by atoms with Gasteiger partial charge >= 0.3 is 0 Å². The van der Waals surface area contributed by atoms with E-state index in [9.17, 15) is 13.5 Å². The van der Waals surface area contributed by atoms with Crippen LogP contribution in [0.1, 0.15) is 19.3 Å². The Morgan fingerprint density at radius 1 is 1.29 bits per heavy atom. The van der Waals surface area contributed by atoms with Crippen LogP contribution in [0.15, 0.2) is 29.2 Å². The van der Waals surface area contributed by atoms with Gasteiger partial charge < -0.3 is 10.8 Å². The topological polar surface area (TPSA) is 92.4 Å². The van der Waals surface area contributed by atoms with Gasteiger partial charge in [0.1, 0.15) is 0 Å². The molecule has 2 atom stereocenters. The predicted molar refractivity (Wildman–Crippen MR) is 86.7 cm³/mol. The highest BCUT2D eigenvalue weighted by atomic mass is 32.2. The van der Waals surface area contributed by atoms with E-state index in [0.29, 0.717) is 24.4 Å². The number of nitrogens with two attached hydrogens (primary N) is 1. The van der Waals surface area contributed by atoms with Crippen LogP contribution in [0, 0.1) is 5.92 Å². The van der Waals surface area contributed by atoms with E-state index in [-0.39, 0.29) is 17.8 Å². The van der Waals surface area contributed by atoms with Crippen molar-refractivity contribution in [2.45, 2.75) is 30.3 Å². The summed E-state index contributed by atoms with van der Waals surface area (Å²) in [5.41, 5.74) is 6.30. The van der Waals surface area contributed by atoms with Gasteiger partial charge in [-0.15, -0.1) is 11.8 Å². The Labute approximate surface area is 130 Å². The van der Waals surface area contributed by atoms with Gasteiger partial charge in [-0.1, -0.05) is 0 Å². The molecule has 0 radical (unpaired) electrons. The van der Waals surface area contributed by atoms with Crippen molar-refractivity contribution in [2.24, 2.45) is 5.92 Å². The number of anilines is 1. The maximum absolute atomic E-state index is 11.9. The molecule has 0 bridgehead atoms. The lowest BCUT2D eigenvalue weighted by atomic mass is 10.1. The van der Waals surface area contributed by atoms with Crippen LogP contribution in [-0.4, -0.2) is 37.7 Å². The Morgan fingerprint density at radius 3 is 2.62 bits per heavy atom. The Bertz CT molecular complexity index is 546. The van der Waals surface area contributed by atoms with Gasteiger partial charge in [-0.25, -0.2) is 13.1 Å². The first-order valence-electron chi connectivity index (χ1n) is 7.08. The Hall–Kier alpha value is -0.760. The van der Waals surface area contributed by atoms with Gasteiger partial charge in [0, 0.05) is 22.9 Å². The van der Waals surface area contributed by atoms with Crippen molar-refractivity contribution in [3.63, 3.8) is 0 Å². The number of nitrogens with one attached hydrogen (secondary N) is 1. The molecule has 0 aromatic heterocycles. The van der Waals surface area contributed by atoms with Crippen molar-refractivity contribution in [3.8, 4) is 0 Å². The van der Waals surface area contributed by atoms with Crippen LogP contribution >= 0.6 is 11.8 Å². The lowest BCUT2D eigenvalue weighted by Gasteiger charge is -2.11. The molecule has 0 amide bonds. The smallest absolute Gasteiger partial charge is 0.212 e. The molecule has 1 aromatic carbocycles. The van der Waals surface area contributed by atoms with E-state index in [1.165, 1.54) is 11.8 Å². The first kappa shape index (κ1) is 16.6. The molecule has 21 heavy (non-hydrogen) atoms. The normalized spacial score (nSPS) is 22.5. The summed E-state index contributed by atoms with van der Waals surface area (Å²) in [6, 6.07) is 7.39. The van der Waals surface area contributed by atoms with E-state index in [1.54, 1.807) is 12.1 Å². The maximum Gasteiger partial charge on any atom is 0.212 e. The average molecular weight is 330 g/mol. The van der Waals surface area contributed by atoms with Gasteiger partial charge in [0.15, 0.2) is 0 Å². The largest absolute Gasteiger partial charge is 0.399 e. The molecule has 118 valence electrons. The number of aliphatic hydroxyl groups is 1. The minimum atomic E-state index is -3.24. The standard InChI is InChI=1S/C14H22N2O3S2/c15-12-2-5-14(6-3-12)20-7-8-21(18,19)16-10-11-1-4-13(17)9-11/h2-3,5-6,11,13,16-17H,1,4,7-10,15H2. The molecular weight excluding hydrogens is 308 g/mol. The molecule has 2 rings (SSSR count). The molecule has 0 aliphatic heterocycles. The van der Waals surface area contributed by atoms with Crippen LogP contribution in [0.5, 0.6) is 0 Å². The van der Waals surface area contributed by atoms with E-state index in [0.717, 1.165) is 17.7 Å². The van der Waals surface area contributed by atoms with E-state index in [2.05, 4.69) is 4.72 Å². The summed E-state index contributed by atoms with van der Waals surface area (Å²) in [7, 11) is -3.24. The number of thioether (sulfide) groups is 1. The summed E-state index contributed by atoms with van der Waals surface area (Å²) in [6.45, 7) is 0.436. The SMILES string of the molecule is Nc1ccc(SCCS(=O)(=O)NCC2CCC(O)C2)cc1. The summed E-state index contributed by atoms with van der Waals surface area (Å²) in [6.07, 6.45) is 2.10. The molecule has 1 aliphatic carbocycles. The maximum atomic E-state index is 11.9. The van der Waals surface area contributed by atoms with Crippen molar-refractivity contribution >= 4 is 27.5 Å². The molecule has 2 unspecified atom stereocenters. The monoisotopic (exact) mass is 330 g/mol. The highest BCUT2D eigenvalue weighted by molar-refractivity contribution is 8.00. The van der Waals surface area contributed by atoms with E-state index >= 15 is 0 Å². The molecule has 7 heteroatoms. The second kappa shape index (κ2) is 7.49. The second-order valence-electron chi connectivity index (χ2n) is 5.42. The summed E-state index contributed by atoms with van der Waals surface area (Å²) in [5, 5.41) is 9.43. The van der Waals surface area contributed by atoms with Crippen molar-refractivity contribution in [1.82, 2.24) is 4.72 Å². The Balaban J connectivity index is 1.70. The van der Waals surface area contributed by atoms with Crippen molar-refractivity contribution in [2.75, 3.05) is 23.8 Å². The quantitative estimate of drug-likeness (QED) is 0.520. The third-order valence-corrected chi connectivity index (χ3v) is 6.23. The van der Waals surface area contributed by atoms with Gasteiger partial charge in [0.25, 0.3) is 0 Å². The molecule has 0 heterocycles. The number of benzene rings is 1. The second-order valence-corrected chi connectivity index (χ2v) is 8.51. The predicted octanol–water partition coefficient (Wildman–Crippen LogP) is 1.44. The van der Waals surface area contributed by atoms with Gasteiger partial charge in [-0.2, -0.15) is 0 Å². The van der Waals surface area contributed by atoms with Crippen LogP contribution in [0.25, 0.3) is 0 Å². The Morgan fingerprint density at radius 2 is 2.00 bits per heavy atom. The number of aliphatic hydroxyl groups excluding tert-OH is 1. The summed E-state index contributed by atoms with van der Waals surface area (Å²) in [4.78, 5) is 1.01. The fraction of sp³-hybridized carbons (Fsp3) is 0.571. The lowest BCUT2D eigenvalue weighted by molar-refractivity contribution is 0.178. The van der Waals surface area contributed by atoms with E-state index < -0.39 is 10.0 Å². The highest BCUT2D eigenvalue weighted by Crippen LogP contribution is 2.24. The van der Waals surface area contributed by atoms with Gasteiger partial charge in [-0.3, -0.25) is 0 Å². The number of sulfonamides is 1. The molecular formula is C14H22N2O3S2. The zero-order valence-electron chi connectivity index (χ0n) is 11.9. The zero-order chi connectivity index (χ0) is 15.3. The van der Waals surface area contributed by atoms with Crippen LogP contribution in [0.2, 0.25) is 0 Å². The van der Waals surface area contributed by atoms with Gasteiger partial charge in [0.2, 0.25) is 10.0 Å². The summed E-state index contributed by atoms with van der Waals surface area (Å²) >= 11 is 1.50. The van der Waals surface area contributed by atoms with Crippen LogP contribution in [0.4, 0.5) is 5.69 Å². The minimum absolute atomic E-state index is 0.0946. The van der Waals surface area contributed by atoms with Gasteiger partial charge in [0.05, 0.1) is 11.9 Å².